The van der Waals surface area contributed by atoms with Crippen LogP contribution in [0.1, 0.15) is 47.7 Å². The zero-order valence-corrected chi connectivity index (χ0v) is 13.9. The molecular formula is C20H25NO. The number of rotatable bonds is 5. The van der Waals surface area contributed by atoms with E-state index in [9.17, 15) is 4.79 Å². The molecule has 1 N–H and O–H groups in total. The predicted octanol–water partition coefficient (Wildman–Crippen LogP) is 4.29. The molecule has 116 valence electrons. The first-order valence-corrected chi connectivity index (χ1v) is 7.94. The SMILES string of the molecule is CCc1ccc([C@@H](C)NC(=O)Cc2ccc(C)cc2C)cc1. The molecule has 2 heteroatoms. The fraction of sp³-hybridized carbons (Fsp3) is 0.350. The third-order valence-corrected chi connectivity index (χ3v) is 4.11. The van der Waals surface area contributed by atoms with Gasteiger partial charge in [-0.1, -0.05) is 55.0 Å². The Morgan fingerprint density at radius 1 is 1.09 bits per heavy atom. The average molecular weight is 295 g/mol. The minimum Gasteiger partial charge on any atom is -0.349 e. The Balaban J connectivity index is 1.98. The van der Waals surface area contributed by atoms with Crippen LogP contribution in [0.2, 0.25) is 0 Å². The molecule has 0 radical (unpaired) electrons. The lowest BCUT2D eigenvalue weighted by Crippen LogP contribution is -2.28. The van der Waals surface area contributed by atoms with Crippen molar-refractivity contribution in [3.63, 3.8) is 0 Å². The zero-order valence-electron chi connectivity index (χ0n) is 13.9. The molecule has 2 nitrogen and oxygen atoms in total. The van der Waals surface area contributed by atoms with Crippen LogP contribution in [0, 0.1) is 13.8 Å². The highest BCUT2D eigenvalue weighted by atomic mass is 16.1. The van der Waals surface area contributed by atoms with Crippen LogP contribution in [0.5, 0.6) is 0 Å². The van der Waals surface area contributed by atoms with Crippen molar-refractivity contribution in [1.29, 1.82) is 0 Å². The Kier molecular flexibility index (Phi) is 5.37. The highest BCUT2D eigenvalue weighted by Crippen LogP contribution is 2.15. The third-order valence-electron chi connectivity index (χ3n) is 4.11. The van der Waals surface area contributed by atoms with Crippen LogP contribution in [0.3, 0.4) is 0 Å². The summed E-state index contributed by atoms with van der Waals surface area (Å²) < 4.78 is 0. The van der Waals surface area contributed by atoms with Crippen molar-refractivity contribution in [2.45, 2.75) is 46.6 Å². The number of benzene rings is 2. The molecule has 0 aromatic heterocycles. The molecule has 0 spiro atoms. The molecule has 2 rings (SSSR count). The van der Waals surface area contributed by atoms with Crippen LogP contribution in [-0.4, -0.2) is 5.91 Å². The average Bonchev–Trinajstić information content (AvgIpc) is 2.50. The van der Waals surface area contributed by atoms with Crippen molar-refractivity contribution < 1.29 is 4.79 Å². The maximum Gasteiger partial charge on any atom is 0.224 e. The summed E-state index contributed by atoms with van der Waals surface area (Å²) in [7, 11) is 0. The van der Waals surface area contributed by atoms with Gasteiger partial charge in [-0.3, -0.25) is 4.79 Å². The Bertz CT molecular complexity index is 643. The highest BCUT2D eigenvalue weighted by Gasteiger charge is 2.11. The molecular weight excluding hydrogens is 270 g/mol. The summed E-state index contributed by atoms with van der Waals surface area (Å²) in [5, 5.41) is 3.09. The van der Waals surface area contributed by atoms with Gasteiger partial charge in [-0.2, -0.15) is 0 Å². The Hall–Kier alpha value is -2.09. The summed E-state index contributed by atoms with van der Waals surface area (Å²) in [4.78, 5) is 12.2. The van der Waals surface area contributed by atoms with Crippen LogP contribution in [-0.2, 0) is 17.6 Å². The van der Waals surface area contributed by atoms with Gasteiger partial charge < -0.3 is 5.32 Å². The van der Waals surface area contributed by atoms with Crippen molar-refractivity contribution in [3.05, 3.63) is 70.3 Å². The molecule has 0 saturated carbocycles. The van der Waals surface area contributed by atoms with Gasteiger partial charge in [-0.25, -0.2) is 0 Å². The molecule has 1 amide bonds. The van der Waals surface area contributed by atoms with E-state index in [1.165, 1.54) is 16.7 Å². The molecule has 2 aromatic rings. The minimum atomic E-state index is 0.0316. The van der Waals surface area contributed by atoms with Crippen LogP contribution in [0.25, 0.3) is 0 Å². The van der Waals surface area contributed by atoms with Crippen molar-refractivity contribution in [1.82, 2.24) is 5.32 Å². The fourth-order valence-corrected chi connectivity index (χ4v) is 2.63. The molecule has 22 heavy (non-hydrogen) atoms. The Morgan fingerprint density at radius 3 is 2.36 bits per heavy atom. The van der Waals surface area contributed by atoms with Gasteiger partial charge in [-0.15, -0.1) is 0 Å². The monoisotopic (exact) mass is 295 g/mol. The fourth-order valence-electron chi connectivity index (χ4n) is 2.63. The van der Waals surface area contributed by atoms with Crippen LogP contribution < -0.4 is 5.32 Å². The highest BCUT2D eigenvalue weighted by molar-refractivity contribution is 5.79. The van der Waals surface area contributed by atoms with Gasteiger partial charge in [0.1, 0.15) is 0 Å². The maximum atomic E-state index is 12.2. The normalized spacial score (nSPS) is 12.0. The lowest BCUT2D eigenvalue weighted by Gasteiger charge is -2.15. The Labute approximate surface area is 133 Å². The summed E-state index contributed by atoms with van der Waals surface area (Å²) >= 11 is 0. The number of carbonyl (C=O) groups excluding carboxylic acids is 1. The van der Waals surface area contributed by atoms with Gasteiger partial charge in [-0.05, 0) is 49.4 Å². The van der Waals surface area contributed by atoms with E-state index in [4.69, 9.17) is 0 Å². The molecule has 0 heterocycles. The lowest BCUT2D eigenvalue weighted by molar-refractivity contribution is -0.121. The first-order chi connectivity index (χ1) is 10.5. The van der Waals surface area contributed by atoms with E-state index in [2.05, 4.69) is 62.5 Å². The number of carbonyl (C=O) groups is 1. The summed E-state index contributed by atoms with van der Waals surface area (Å²) in [6, 6.07) is 14.7. The second kappa shape index (κ2) is 7.26. The molecule has 0 saturated heterocycles. The summed E-state index contributed by atoms with van der Waals surface area (Å²) in [6.07, 6.45) is 1.47. The number of aryl methyl sites for hydroxylation is 3. The van der Waals surface area contributed by atoms with E-state index in [0.717, 1.165) is 17.5 Å². The molecule has 0 fully saturated rings. The van der Waals surface area contributed by atoms with E-state index in [0.29, 0.717) is 6.42 Å². The lowest BCUT2D eigenvalue weighted by atomic mass is 10.0. The van der Waals surface area contributed by atoms with Gasteiger partial charge in [0.05, 0.1) is 12.5 Å². The predicted molar refractivity (Wildman–Crippen MR) is 92.0 cm³/mol. The second-order valence-corrected chi connectivity index (χ2v) is 5.99. The largest absolute Gasteiger partial charge is 0.349 e. The molecule has 1 atom stereocenters. The molecule has 0 aliphatic carbocycles. The van der Waals surface area contributed by atoms with Gasteiger partial charge in [0, 0.05) is 0 Å². The first-order valence-electron chi connectivity index (χ1n) is 7.94. The van der Waals surface area contributed by atoms with E-state index in [1.807, 2.05) is 13.0 Å². The van der Waals surface area contributed by atoms with Crippen LogP contribution in [0.4, 0.5) is 0 Å². The number of hydrogen-bond donors (Lipinski definition) is 1. The third kappa shape index (κ3) is 4.20. The van der Waals surface area contributed by atoms with Crippen molar-refractivity contribution in [2.24, 2.45) is 0 Å². The quantitative estimate of drug-likeness (QED) is 0.876. The van der Waals surface area contributed by atoms with Crippen LogP contribution in [0.15, 0.2) is 42.5 Å². The second-order valence-electron chi connectivity index (χ2n) is 5.99. The molecule has 0 bridgehead atoms. The van der Waals surface area contributed by atoms with Gasteiger partial charge >= 0.3 is 0 Å². The minimum absolute atomic E-state index is 0.0316. The smallest absolute Gasteiger partial charge is 0.224 e. The topological polar surface area (TPSA) is 29.1 Å². The van der Waals surface area contributed by atoms with Gasteiger partial charge in [0.2, 0.25) is 5.91 Å². The van der Waals surface area contributed by atoms with Gasteiger partial charge in [0.15, 0.2) is 0 Å². The summed E-state index contributed by atoms with van der Waals surface area (Å²) in [5.41, 5.74) is 5.96. The standard InChI is InChI=1S/C20H25NO/c1-5-17-7-10-18(11-8-17)16(4)21-20(22)13-19-9-6-14(2)12-15(19)3/h6-12,16H,5,13H2,1-4H3,(H,21,22)/t16-/m1/s1. The zero-order chi connectivity index (χ0) is 16.1. The van der Waals surface area contributed by atoms with Gasteiger partial charge in [0.25, 0.3) is 0 Å². The van der Waals surface area contributed by atoms with Crippen LogP contribution >= 0.6 is 0 Å². The molecule has 0 unspecified atom stereocenters. The summed E-state index contributed by atoms with van der Waals surface area (Å²) in [6.45, 7) is 8.30. The van der Waals surface area contributed by atoms with Crippen molar-refractivity contribution in [3.8, 4) is 0 Å². The maximum absolute atomic E-state index is 12.2. The molecule has 2 aromatic carbocycles. The van der Waals surface area contributed by atoms with Crippen molar-refractivity contribution in [2.75, 3.05) is 0 Å². The Morgan fingerprint density at radius 2 is 1.77 bits per heavy atom. The summed E-state index contributed by atoms with van der Waals surface area (Å²) in [5.74, 6) is 0.0685. The van der Waals surface area contributed by atoms with E-state index < -0.39 is 0 Å². The van der Waals surface area contributed by atoms with E-state index >= 15 is 0 Å². The number of nitrogens with one attached hydrogen (secondary N) is 1. The van der Waals surface area contributed by atoms with Crippen molar-refractivity contribution >= 4 is 5.91 Å². The molecule has 0 aliphatic rings. The number of amides is 1. The molecule has 0 aliphatic heterocycles. The van der Waals surface area contributed by atoms with E-state index in [1.54, 1.807) is 0 Å². The first kappa shape index (κ1) is 16.3. The van der Waals surface area contributed by atoms with E-state index in [-0.39, 0.29) is 11.9 Å². The number of hydrogen-bond acceptors (Lipinski definition) is 1.